The summed E-state index contributed by atoms with van der Waals surface area (Å²) in [5.41, 5.74) is 0.291. The van der Waals surface area contributed by atoms with E-state index in [1.807, 2.05) is 19.0 Å². The molecule has 1 N–H and O–H groups in total. The van der Waals surface area contributed by atoms with E-state index >= 15 is 0 Å². The second-order valence-corrected chi connectivity index (χ2v) is 7.48. The molecular formula is C23H19F4N3OS. The predicted molar refractivity (Wildman–Crippen MR) is 118 cm³/mol. The van der Waals surface area contributed by atoms with E-state index in [0.29, 0.717) is 0 Å². The molecule has 0 fully saturated rings. The highest BCUT2D eigenvalue weighted by Crippen LogP contribution is 2.31. The van der Waals surface area contributed by atoms with E-state index in [9.17, 15) is 22.7 Å². The summed E-state index contributed by atoms with van der Waals surface area (Å²) in [7, 11) is 3.71. The van der Waals surface area contributed by atoms with Crippen LogP contribution >= 0.6 is 12.2 Å². The number of anilines is 2. The molecule has 0 saturated carbocycles. The van der Waals surface area contributed by atoms with Crippen molar-refractivity contribution < 1.29 is 27.2 Å². The maximum Gasteiger partial charge on any atom is 0.416 e. The van der Waals surface area contributed by atoms with Crippen molar-refractivity contribution in [3.8, 4) is 0 Å². The number of pyridine rings is 1. The van der Waals surface area contributed by atoms with Crippen LogP contribution in [-0.4, -0.2) is 19.1 Å². The zero-order chi connectivity index (χ0) is 23.5. The van der Waals surface area contributed by atoms with Crippen LogP contribution in [0.5, 0.6) is 0 Å². The van der Waals surface area contributed by atoms with Gasteiger partial charge in [0, 0.05) is 37.6 Å². The first kappa shape index (κ1) is 23.2. The van der Waals surface area contributed by atoms with Crippen LogP contribution < -0.4 is 19.9 Å². The van der Waals surface area contributed by atoms with Crippen molar-refractivity contribution >= 4 is 40.0 Å². The molecule has 0 bridgehead atoms. The topological polar surface area (TPSA) is 42.2 Å². The van der Waals surface area contributed by atoms with Crippen molar-refractivity contribution in [2.45, 2.75) is 6.18 Å². The molecule has 0 aliphatic carbocycles. The summed E-state index contributed by atoms with van der Waals surface area (Å²) in [5, 5.41) is 16.0. The Balaban J connectivity index is 2.05. The normalized spacial score (nSPS) is 12.2. The zero-order valence-electron chi connectivity index (χ0n) is 17.2. The minimum atomic E-state index is -4.52. The monoisotopic (exact) mass is 461 g/mol. The van der Waals surface area contributed by atoms with Crippen molar-refractivity contribution in [2.75, 3.05) is 24.3 Å². The lowest BCUT2D eigenvalue weighted by Crippen LogP contribution is -2.40. The Labute approximate surface area is 188 Å². The lowest BCUT2D eigenvalue weighted by atomic mass is 10.1. The van der Waals surface area contributed by atoms with Gasteiger partial charge in [-0.3, -0.25) is 0 Å². The molecule has 0 radical (unpaired) electrons. The maximum atomic E-state index is 13.3. The van der Waals surface area contributed by atoms with Crippen LogP contribution in [0.2, 0.25) is 0 Å². The van der Waals surface area contributed by atoms with Crippen molar-refractivity contribution in [3.63, 3.8) is 0 Å². The summed E-state index contributed by atoms with van der Waals surface area (Å²) >= 11 is 5.41. The molecule has 3 aromatic rings. The van der Waals surface area contributed by atoms with E-state index in [4.69, 9.17) is 12.2 Å². The predicted octanol–water partition coefficient (Wildman–Crippen LogP) is 4.32. The van der Waals surface area contributed by atoms with Crippen LogP contribution in [0.15, 0.2) is 73.1 Å². The Morgan fingerprint density at radius 2 is 1.62 bits per heavy atom. The van der Waals surface area contributed by atoms with E-state index in [1.54, 1.807) is 24.5 Å². The van der Waals surface area contributed by atoms with E-state index < -0.39 is 23.3 Å². The molecule has 4 nitrogen and oxygen atoms in total. The number of halogens is 4. The van der Waals surface area contributed by atoms with Crippen LogP contribution in [0.4, 0.5) is 28.9 Å². The number of benzene rings is 2. The van der Waals surface area contributed by atoms with Crippen LogP contribution in [0.1, 0.15) is 11.1 Å². The van der Waals surface area contributed by atoms with E-state index in [2.05, 4.69) is 5.32 Å². The van der Waals surface area contributed by atoms with Gasteiger partial charge < -0.3 is 15.3 Å². The fourth-order valence-electron chi connectivity index (χ4n) is 2.90. The quantitative estimate of drug-likeness (QED) is 0.202. The molecule has 0 aliphatic rings. The summed E-state index contributed by atoms with van der Waals surface area (Å²) in [6.45, 7) is 0. The second kappa shape index (κ2) is 9.35. The highest BCUT2D eigenvalue weighted by molar-refractivity contribution is 7.81. The summed E-state index contributed by atoms with van der Waals surface area (Å²) in [4.78, 5) is 1.78. The third-order valence-electron chi connectivity index (χ3n) is 4.57. The summed E-state index contributed by atoms with van der Waals surface area (Å²) in [6, 6.07) is 13.0. The van der Waals surface area contributed by atoms with Gasteiger partial charge in [-0.15, -0.1) is 0 Å². The lowest BCUT2D eigenvalue weighted by Gasteiger charge is -2.18. The fourth-order valence-corrected chi connectivity index (χ4v) is 3.22. The molecule has 9 heteroatoms. The zero-order valence-corrected chi connectivity index (χ0v) is 18.0. The molecular weight excluding hydrogens is 442 g/mol. The van der Waals surface area contributed by atoms with Gasteiger partial charge in [0.25, 0.3) is 0 Å². The molecule has 166 valence electrons. The Morgan fingerprint density at radius 1 is 1.00 bits per heavy atom. The maximum absolute atomic E-state index is 13.3. The minimum Gasteiger partial charge on any atom is -0.867 e. The molecule has 0 amide bonds. The highest BCUT2D eigenvalue weighted by Gasteiger charge is 2.30. The molecule has 1 heterocycles. The number of thiocarbonyl (C=S) groups is 1. The lowest BCUT2D eigenvalue weighted by molar-refractivity contribution is -0.577. The standard InChI is InChI=1S/C23H19F4N3OS/c1-29(2)19-10-12-30(13-11-19)20(21(31)15-6-8-17(24)9-7-15)22(32)28-18-5-3-4-16(14-18)23(25,26)27/h3-14H,1-2H3,(H-,28,31,32). The first-order valence-corrected chi connectivity index (χ1v) is 9.82. The molecule has 0 spiro atoms. The molecule has 3 rings (SSSR count). The molecule has 32 heavy (non-hydrogen) atoms. The summed E-state index contributed by atoms with van der Waals surface area (Å²) in [6.07, 6.45) is -1.29. The van der Waals surface area contributed by atoms with Crippen LogP contribution in [0.3, 0.4) is 0 Å². The van der Waals surface area contributed by atoms with Gasteiger partial charge in [-0.2, -0.15) is 17.7 Å². The fraction of sp³-hybridized carbons (Fsp3) is 0.130. The van der Waals surface area contributed by atoms with Gasteiger partial charge in [-0.1, -0.05) is 30.4 Å². The van der Waals surface area contributed by atoms with Gasteiger partial charge in [0.15, 0.2) is 17.4 Å². The number of nitrogens with zero attached hydrogens (tertiary/aromatic N) is 2. The first-order chi connectivity index (χ1) is 15.1. The molecule has 0 aliphatic heterocycles. The van der Waals surface area contributed by atoms with Crippen molar-refractivity contribution in [1.29, 1.82) is 0 Å². The van der Waals surface area contributed by atoms with Crippen LogP contribution in [0, 0.1) is 5.82 Å². The van der Waals surface area contributed by atoms with E-state index in [1.165, 1.54) is 28.8 Å². The number of aromatic nitrogens is 1. The van der Waals surface area contributed by atoms with Crippen LogP contribution in [0.25, 0.3) is 11.5 Å². The largest absolute Gasteiger partial charge is 0.867 e. The minimum absolute atomic E-state index is 0.00864. The van der Waals surface area contributed by atoms with E-state index in [-0.39, 0.29) is 21.9 Å². The van der Waals surface area contributed by atoms with E-state index in [0.717, 1.165) is 30.0 Å². The Morgan fingerprint density at radius 3 is 2.19 bits per heavy atom. The molecule has 2 aromatic carbocycles. The molecule has 0 saturated heterocycles. The average molecular weight is 461 g/mol. The Bertz CT molecular complexity index is 1140. The second-order valence-electron chi connectivity index (χ2n) is 7.08. The summed E-state index contributed by atoms with van der Waals surface area (Å²) in [5.74, 6) is -1.02. The van der Waals surface area contributed by atoms with Crippen LogP contribution in [-0.2, 0) is 6.18 Å². The number of hydrogen-bond donors (Lipinski definition) is 1. The Hall–Kier alpha value is -3.46. The molecule has 0 atom stereocenters. The highest BCUT2D eigenvalue weighted by atomic mass is 32.1. The number of hydrogen-bond acceptors (Lipinski definition) is 3. The van der Waals surface area contributed by atoms with Crippen molar-refractivity contribution in [3.05, 3.63) is 90.0 Å². The summed E-state index contributed by atoms with van der Waals surface area (Å²) < 4.78 is 54.0. The van der Waals surface area contributed by atoms with Gasteiger partial charge in [0.2, 0.25) is 5.70 Å². The van der Waals surface area contributed by atoms with Gasteiger partial charge in [-0.25, -0.2) is 4.39 Å². The molecule has 1 aromatic heterocycles. The van der Waals surface area contributed by atoms with Gasteiger partial charge in [0.05, 0.1) is 5.56 Å². The number of rotatable bonds is 5. The third-order valence-corrected chi connectivity index (χ3v) is 4.87. The van der Waals surface area contributed by atoms with Crippen molar-refractivity contribution in [1.82, 2.24) is 0 Å². The van der Waals surface area contributed by atoms with Crippen molar-refractivity contribution in [2.24, 2.45) is 0 Å². The number of nitrogens with one attached hydrogen (secondary N) is 1. The first-order valence-electron chi connectivity index (χ1n) is 9.41. The van der Waals surface area contributed by atoms with Gasteiger partial charge >= 0.3 is 6.18 Å². The average Bonchev–Trinajstić information content (AvgIpc) is 2.74. The van der Waals surface area contributed by atoms with Gasteiger partial charge in [0.1, 0.15) is 5.82 Å². The molecule has 0 unspecified atom stereocenters. The Kier molecular flexibility index (Phi) is 6.78. The number of alkyl halides is 3. The SMILES string of the molecule is CN(C)c1cc[n+](C(C(=S)Nc2cccc(C(F)(F)F)c2)=C([O-])c2ccc(F)cc2)cc1. The smallest absolute Gasteiger partial charge is 0.416 e. The van der Waals surface area contributed by atoms with Gasteiger partial charge in [-0.05, 0) is 41.7 Å². The third kappa shape index (κ3) is 5.42.